The average molecular weight is 324 g/mol. The van der Waals surface area contributed by atoms with Gasteiger partial charge in [-0.05, 0) is 0 Å². The highest BCUT2D eigenvalue weighted by molar-refractivity contribution is 7.91. The standard InChI is InChI=1S/C7H12N6O5S2/c8-7(14)10-1-2-11-20(17,18)5-3-4(13(15)16)6(12-9)19-5/h3,11-12H,1-2,9H2,(H3,8,10,14). The molecule has 0 atom stereocenters. The van der Waals surface area contributed by atoms with Gasteiger partial charge in [0.25, 0.3) is 0 Å². The minimum atomic E-state index is -3.93. The second kappa shape index (κ2) is 6.47. The van der Waals surface area contributed by atoms with Crippen LogP contribution in [0.15, 0.2) is 10.3 Å². The zero-order valence-corrected chi connectivity index (χ0v) is 11.6. The van der Waals surface area contributed by atoms with Crippen LogP contribution in [0.3, 0.4) is 0 Å². The summed E-state index contributed by atoms with van der Waals surface area (Å²) in [6.07, 6.45) is 0. The summed E-state index contributed by atoms with van der Waals surface area (Å²) in [6, 6.07) is 0.106. The van der Waals surface area contributed by atoms with Crippen molar-refractivity contribution in [2.75, 3.05) is 18.5 Å². The molecule has 0 saturated heterocycles. The summed E-state index contributed by atoms with van der Waals surface area (Å²) in [6.45, 7) is -0.119. The molecule has 112 valence electrons. The molecule has 11 nitrogen and oxygen atoms in total. The second-order valence-corrected chi connectivity index (χ2v) is 6.42. The second-order valence-electron chi connectivity index (χ2n) is 3.37. The van der Waals surface area contributed by atoms with Crippen LogP contribution in [0, 0.1) is 10.1 Å². The third-order valence-corrected chi connectivity index (χ3v) is 4.99. The number of hydrogen-bond acceptors (Lipinski definition) is 8. The van der Waals surface area contributed by atoms with Crippen LogP contribution >= 0.6 is 11.3 Å². The molecule has 2 amide bonds. The van der Waals surface area contributed by atoms with Crippen molar-refractivity contribution in [1.82, 2.24) is 10.0 Å². The molecular weight excluding hydrogens is 312 g/mol. The number of amides is 2. The summed E-state index contributed by atoms with van der Waals surface area (Å²) in [4.78, 5) is 20.3. The van der Waals surface area contributed by atoms with Gasteiger partial charge in [-0.15, -0.1) is 0 Å². The highest BCUT2D eigenvalue weighted by Gasteiger charge is 2.25. The molecule has 1 aromatic rings. The first kappa shape index (κ1) is 16.1. The Morgan fingerprint density at radius 2 is 2.10 bits per heavy atom. The van der Waals surface area contributed by atoms with Crippen LogP contribution < -0.4 is 27.0 Å². The number of anilines is 1. The number of rotatable bonds is 7. The number of carbonyl (C=O) groups is 1. The van der Waals surface area contributed by atoms with Gasteiger partial charge in [-0.2, -0.15) is 0 Å². The summed E-state index contributed by atoms with van der Waals surface area (Å²) < 4.78 is 25.6. The quantitative estimate of drug-likeness (QED) is 0.182. The Balaban J connectivity index is 2.82. The first-order valence-electron chi connectivity index (χ1n) is 5.05. The third kappa shape index (κ3) is 4.02. The fraction of sp³-hybridized carbons (Fsp3) is 0.286. The molecule has 7 N–H and O–H groups in total. The Labute approximate surface area is 117 Å². The van der Waals surface area contributed by atoms with Crippen LogP contribution in [-0.4, -0.2) is 32.5 Å². The van der Waals surface area contributed by atoms with E-state index in [0.29, 0.717) is 11.3 Å². The van der Waals surface area contributed by atoms with Crippen molar-refractivity contribution in [3.63, 3.8) is 0 Å². The van der Waals surface area contributed by atoms with Gasteiger partial charge in [0.05, 0.1) is 4.92 Å². The molecule has 0 bridgehead atoms. The lowest BCUT2D eigenvalue weighted by atomic mass is 10.5. The summed E-state index contributed by atoms with van der Waals surface area (Å²) in [5.74, 6) is 5.08. The lowest BCUT2D eigenvalue weighted by molar-refractivity contribution is -0.383. The number of sulfonamides is 1. The topological polar surface area (TPSA) is 182 Å². The van der Waals surface area contributed by atoms with E-state index in [4.69, 9.17) is 11.6 Å². The number of nitro groups is 1. The number of urea groups is 1. The molecule has 0 spiro atoms. The molecule has 1 aromatic heterocycles. The average Bonchev–Trinajstić information content (AvgIpc) is 2.79. The largest absolute Gasteiger partial charge is 0.352 e. The molecule has 0 radical (unpaired) electrons. The van der Waals surface area contributed by atoms with Gasteiger partial charge in [0.2, 0.25) is 10.0 Å². The van der Waals surface area contributed by atoms with E-state index in [2.05, 4.69) is 15.5 Å². The molecule has 1 heterocycles. The normalized spacial score (nSPS) is 11.1. The van der Waals surface area contributed by atoms with Gasteiger partial charge >= 0.3 is 11.7 Å². The van der Waals surface area contributed by atoms with Gasteiger partial charge < -0.3 is 16.5 Å². The summed E-state index contributed by atoms with van der Waals surface area (Å²) in [7, 11) is -3.93. The minimum Gasteiger partial charge on any atom is -0.352 e. The third-order valence-electron chi connectivity index (χ3n) is 2.00. The SMILES string of the molecule is NNc1sc(S(=O)(=O)NCCNC(N)=O)cc1[N+](=O)[O-]. The molecule has 0 fully saturated rings. The number of nitrogens with two attached hydrogens (primary N) is 2. The van der Waals surface area contributed by atoms with Crippen molar-refractivity contribution in [2.24, 2.45) is 11.6 Å². The van der Waals surface area contributed by atoms with Crippen molar-refractivity contribution in [3.8, 4) is 0 Å². The van der Waals surface area contributed by atoms with Crippen LogP contribution in [0.1, 0.15) is 0 Å². The Morgan fingerprint density at radius 3 is 2.55 bits per heavy atom. The highest BCUT2D eigenvalue weighted by Crippen LogP contribution is 2.36. The van der Waals surface area contributed by atoms with E-state index in [1.54, 1.807) is 0 Å². The Kier molecular flexibility index (Phi) is 5.20. The van der Waals surface area contributed by atoms with Crippen molar-refractivity contribution >= 4 is 38.1 Å². The number of nitrogens with one attached hydrogen (secondary N) is 3. The van der Waals surface area contributed by atoms with E-state index < -0.39 is 26.7 Å². The monoisotopic (exact) mass is 324 g/mol. The van der Waals surface area contributed by atoms with Crippen LogP contribution in [0.4, 0.5) is 15.5 Å². The van der Waals surface area contributed by atoms with E-state index in [-0.39, 0.29) is 22.3 Å². The van der Waals surface area contributed by atoms with E-state index >= 15 is 0 Å². The summed E-state index contributed by atoms with van der Waals surface area (Å²) in [5, 5.41) is 12.8. The highest BCUT2D eigenvalue weighted by atomic mass is 32.2. The van der Waals surface area contributed by atoms with Crippen LogP contribution in [-0.2, 0) is 10.0 Å². The molecule has 0 aliphatic rings. The molecular formula is C7H12N6O5S2. The predicted molar refractivity (Wildman–Crippen MR) is 71.6 cm³/mol. The van der Waals surface area contributed by atoms with Crippen molar-refractivity contribution in [1.29, 1.82) is 0 Å². The fourth-order valence-electron chi connectivity index (χ4n) is 1.17. The number of thiophene rings is 1. The number of carbonyl (C=O) groups excluding carboxylic acids is 1. The molecule has 0 unspecified atom stereocenters. The van der Waals surface area contributed by atoms with E-state index in [1.807, 2.05) is 0 Å². The molecule has 0 aliphatic carbocycles. The van der Waals surface area contributed by atoms with E-state index in [1.165, 1.54) is 0 Å². The van der Waals surface area contributed by atoms with Crippen molar-refractivity contribution in [3.05, 3.63) is 16.2 Å². The van der Waals surface area contributed by atoms with Crippen molar-refractivity contribution < 1.29 is 18.1 Å². The molecule has 13 heteroatoms. The molecule has 1 rings (SSSR count). The Hall–Kier alpha value is -1.96. The lowest BCUT2D eigenvalue weighted by Gasteiger charge is -2.04. The number of hydrogen-bond donors (Lipinski definition) is 5. The molecule has 0 aromatic carbocycles. The lowest BCUT2D eigenvalue weighted by Crippen LogP contribution is -2.37. The zero-order valence-electron chi connectivity index (χ0n) is 9.95. The van der Waals surface area contributed by atoms with Gasteiger partial charge in [0.15, 0.2) is 5.00 Å². The van der Waals surface area contributed by atoms with Gasteiger partial charge in [0.1, 0.15) is 4.21 Å². The maximum absolute atomic E-state index is 11.8. The number of primary amides is 1. The zero-order chi connectivity index (χ0) is 15.3. The first-order valence-corrected chi connectivity index (χ1v) is 7.35. The summed E-state index contributed by atoms with van der Waals surface area (Å²) in [5.41, 5.74) is 6.43. The molecule has 20 heavy (non-hydrogen) atoms. The minimum absolute atomic E-state index is 0.00989. The molecule has 0 aliphatic heterocycles. The van der Waals surface area contributed by atoms with Gasteiger partial charge in [-0.3, -0.25) is 10.1 Å². The smallest absolute Gasteiger partial charge is 0.312 e. The van der Waals surface area contributed by atoms with E-state index in [0.717, 1.165) is 6.07 Å². The van der Waals surface area contributed by atoms with Gasteiger partial charge in [0, 0.05) is 19.2 Å². The van der Waals surface area contributed by atoms with Gasteiger partial charge in [-0.25, -0.2) is 23.8 Å². The maximum atomic E-state index is 11.8. The molecule has 0 saturated carbocycles. The maximum Gasteiger partial charge on any atom is 0.312 e. The van der Waals surface area contributed by atoms with Crippen LogP contribution in [0.2, 0.25) is 0 Å². The number of hydrazine groups is 1. The summed E-state index contributed by atoms with van der Waals surface area (Å²) >= 11 is 0.619. The van der Waals surface area contributed by atoms with Gasteiger partial charge in [-0.1, -0.05) is 11.3 Å². The number of nitrogens with zero attached hydrogens (tertiary/aromatic N) is 1. The first-order chi connectivity index (χ1) is 9.27. The van der Waals surface area contributed by atoms with Crippen LogP contribution in [0.5, 0.6) is 0 Å². The predicted octanol–water partition coefficient (Wildman–Crippen LogP) is -1.11. The van der Waals surface area contributed by atoms with E-state index in [9.17, 15) is 23.3 Å². The Bertz CT molecular complexity index is 611. The number of nitrogen functional groups attached to an aromatic ring is 1. The van der Waals surface area contributed by atoms with Crippen molar-refractivity contribution in [2.45, 2.75) is 4.21 Å². The van der Waals surface area contributed by atoms with Crippen LogP contribution in [0.25, 0.3) is 0 Å². The fourth-order valence-corrected chi connectivity index (χ4v) is 3.49. The Morgan fingerprint density at radius 1 is 1.45 bits per heavy atom.